The minimum absolute atomic E-state index is 0.0981. The van der Waals surface area contributed by atoms with Gasteiger partial charge >= 0.3 is 0 Å². The van der Waals surface area contributed by atoms with Crippen molar-refractivity contribution in [3.8, 4) is 0 Å². The summed E-state index contributed by atoms with van der Waals surface area (Å²) in [6.45, 7) is 5.85. The molecule has 1 aromatic carbocycles. The van der Waals surface area contributed by atoms with Gasteiger partial charge in [0.25, 0.3) is 0 Å². The monoisotopic (exact) mass is 339 g/mol. The Hall–Kier alpha value is -2.47. The third kappa shape index (κ3) is 2.87. The van der Waals surface area contributed by atoms with Gasteiger partial charge in [-0.1, -0.05) is 30.3 Å². The molecule has 0 spiro atoms. The van der Waals surface area contributed by atoms with Crippen LogP contribution in [0.25, 0.3) is 0 Å². The molecule has 2 atom stereocenters. The largest absolute Gasteiger partial charge is 0.444 e. The number of fused-ring (bicyclic) bond motifs is 1. The number of aromatic nitrogens is 1. The van der Waals surface area contributed by atoms with Crippen LogP contribution in [0.3, 0.4) is 0 Å². The second-order valence-electron chi connectivity index (χ2n) is 6.90. The summed E-state index contributed by atoms with van der Waals surface area (Å²) >= 11 is 0. The van der Waals surface area contributed by atoms with Gasteiger partial charge in [0.2, 0.25) is 17.7 Å². The van der Waals surface area contributed by atoms with Crippen molar-refractivity contribution in [3.63, 3.8) is 0 Å². The molecule has 0 saturated carbocycles. The van der Waals surface area contributed by atoms with Crippen molar-refractivity contribution in [3.05, 3.63) is 53.2 Å². The van der Waals surface area contributed by atoms with Crippen molar-refractivity contribution >= 4 is 11.8 Å². The molecule has 0 bridgehead atoms. The lowest BCUT2D eigenvalue weighted by molar-refractivity contribution is -0.141. The zero-order chi connectivity index (χ0) is 17.6. The highest BCUT2D eigenvalue weighted by Gasteiger charge is 2.52. The molecule has 25 heavy (non-hydrogen) atoms. The Morgan fingerprint density at radius 1 is 1.04 bits per heavy atom. The van der Waals surface area contributed by atoms with Crippen LogP contribution >= 0.6 is 0 Å². The number of imide groups is 1. The number of aryl methyl sites for hydroxylation is 2. The zero-order valence-corrected chi connectivity index (χ0v) is 14.4. The standard InChI is InChI=1S/C19H21N3O3/c1-12-13(2)25-17(20-12)11-22-18(23)15-9-21(10-16(15)19(22)24)8-14-6-4-3-5-7-14/h3-7,15-16H,8-11H2,1-2H3. The van der Waals surface area contributed by atoms with Gasteiger partial charge in [-0.2, -0.15) is 0 Å². The predicted molar refractivity (Wildman–Crippen MR) is 90.2 cm³/mol. The van der Waals surface area contributed by atoms with Gasteiger partial charge in [0.05, 0.1) is 17.5 Å². The van der Waals surface area contributed by atoms with Gasteiger partial charge in [-0.3, -0.25) is 19.4 Å². The molecule has 0 N–H and O–H groups in total. The Morgan fingerprint density at radius 2 is 1.68 bits per heavy atom. The van der Waals surface area contributed by atoms with Crippen LogP contribution in [0.1, 0.15) is 22.9 Å². The van der Waals surface area contributed by atoms with Crippen LogP contribution < -0.4 is 0 Å². The number of oxazole rings is 1. The lowest BCUT2D eigenvalue weighted by Gasteiger charge is -2.19. The van der Waals surface area contributed by atoms with Crippen LogP contribution in [0.4, 0.5) is 0 Å². The maximum Gasteiger partial charge on any atom is 0.234 e. The maximum atomic E-state index is 12.7. The van der Waals surface area contributed by atoms with Crippen LogP contribution in [0, 0.1) is 25.7 Å². The molecule has 2 unspecified atom stereocenters. The van der Waals surface area contributed by atoms with Crippen LogP contribution in [0.5, 0.6) is 0 Å². The fourth-order valence-corrected chi connectivity index (χ4v) is 3.76. The van der Waals surface area contributed by atoms with Gasteiger partial charge in [-0.25, -0.2) is 4.98 Å². The molecule has 0 aliphatic carbocycles. The number of rotatable bonds is 4. The molecule has 2 aromatic rings. The van der Waals surface area contributed by atoms with Crippen molar-refractivity contribution < 1.29 is 14.0 Å². The summed E-state index contributed by atoms with van der Waals surface area (Å²) in [5.41, 5.74) is 1.99. The molecule has 2 saturated heterocycles. The maximum absolute atomic E-state index is 12.7. The van der Waals surface area contributed by atoms with Gasteiger partial charge in [-0.05, 0) is 19.4 Å². The van der Waals surface area contributed by atoms with E-state index in [1.54, 1.807) is 0 Å². The number of carbonyl (C=O) groups excluding carboxylic acids is 2. The first-order valence-corrected chi connectivity index (χ1v) is 8.57. The molecule has 2 aliphatic rings. The highest BCUT2D eigenvalue weighted by molar-refractivity contribution is 6.05. The minimum atomic E-state index is -0.242. The van der Waals surface area contributed by atoms with E-state index < -0.39 is 0 Å². The normalized spacial score (nSPS) is 23.5. The average Bonchev–Trinajstić information content (AvgIpc) is 3.21. The van der Waals surface area contributed by atoms with E-state index in [4.69, 9.17) is 4.42 Å². The Kier molecular flexibility index (Phi) is 3.92. The minimum Gasteiger partial charge on any atom is -0.444 e. The van der Waals surface area contributed by atoms with Crippen LogP contribution in [-0.4, -0.2) is 39.7 Å². The first-order valence-electron chi connectivity index (χ1n) is 8.57. The van der Waals surface area contributed by atoms with Crippen LogP contribution in [0.15, 0.2) is 34.7 Å². The van der Waals surface area contributed by atoms with Gasteiger partial charge in [0.1, 0.15) is 12.3 Å². The number of hydrogen-bond acceptors (Lipinski definition) is 5. The quantitative estimate of drug-likeness (QED) is 0.796. The molecule has 6 heteroatoms. The molecule has 130 valence electrons. The summed E-state index contributed by atoms with van der Waals surface area (Å²) in [5, 5.41) is 0. The molecule has 4 rings (SSSR count). The Bertz CT molecular complexity index is 771. The number of benzene rings is 1. The highest BCUT2D eigenvalue weighted by Crippen LogP contribution is 2.35. The molecule has 6 nitrogen and oxygen atoms in total. The van der Waals surface area contributed by atoms with Crippen molar-refractivity contribution in [1.82, 2.24) is 14.8 Å². The molecule has 3 heterocycles. The molecule has 1 aromatic heterocycles. The molecule has 2 fully saturated rings. The third-order valence-corrected chi connectivity index (χ3v) is 5.18. The lowest BCUT2D eigenvalue weighted by Crippen LogP contribution is -2.35. The summed E-state index contributed by atoms with van der Waals surface area (Å²) < 4.78 is 5.53. The van der Waals surface area contributed by atoms with E-state index in [2.05, 4.69) is 22.0 Å². The van der Waals surface area contributed by atoms with E-state index >= 15 is 0 Å². The summed E-state index contributed by atoms with van der Waals surface area (Å²) in [6.07, 6.45) is 0. The predicted octanol–water partition coefficient (Wildman–Crippen LogP) is 1.91. The summed E-state index contributed by atoms with van der Waals surface area (Å²) in [6, 6.07) is 10.1. The van der Waals surface area contributed by atoms with Crippen molar-refractivity contribution in [1.29, 1.82) is 0 Å². The van der Waals surface area contributed by atoms with E-state index in [1.807, 2.05) is 32.0 Å². The van der Waals surface area contributed by atoms with Gasteiger partial charge in [0.15, 0.2) is 0 Å². The highest BCUT2D eigenvalue weighted by atomic mass is 16.4. The SMILES string of the molecule is Cc1nc(CN2C(=O)C3CN(Cc4ccccc4)CC3C2=O)oc1C. The molecular weight excluding hydrogens is 318 g/mol. The Morgan fingerprint density at radius 3 is 2.24 bits per heavy atom. The molecular formula is C19H21N3O3. The Labute approximate surface area is 146 Å². The zero-order valence-electron chi connectivity index (χ0n) is 14.4. The van der Waals surface area contributed by atoms with Crippen LogP contribution in [0.2, 0.25) is 0 Å². The Balaban J connectivity index is 1.44. The van der Waals surface area contributed by atoms with Gasteiger partial charge < -0.3 is 4.42 Å². The fourth-order valence-electron chi connectivity index (χ4n) is 3.76. The number of amides is 2. The molecule has 2 aliphatic heterocycles. The van der Waals surface area contributed by atoms with E-state index in [-0.39, 0.29) is 30.2 Å². The summed E-state index contributed by atoms with van der Waals surface area (Å²) in [7, 11) is 0. The van der Waals surface area contributed by atoms with Gasteiger partial charge in [0, 0.05) is 19.6 Å². The fraction of sp³-hybridized carbons (Fsp3) is 0.421. The average molecular weight is 339 g/mol. The van der Waals surface area contributed by atoms with E-state index in [0.717, 1.165) is 18.0 Å². The summed E-state index contributed by atoms with van der Waals surface area (Å²) in [4.78, 5) is 33.2. The number of nitrogens with zero attached hydrogens (tertiary/aromatic N) is 3. The number of likely N-dealkylation sites (tertiary alicyclic amines) is 2. The molecule has 2 amide bonds. The summed E-state index contributed by atoms with van der Waals surface area (Å²) in [5.74, 6) is 0.473. The lowest BCUT2D eigenvalue weighted by atomic mass is 10.00. The smallest absolute Gasteiger partial charge is 0.234 e. The number of carbonyl (C=O) groups is 2. The second kappa shape index (κ2) is 6.11. The third-order valence-electron chi connectivity index (χ3n) is 5.18. The van der Waals surface area contributed by atoms with Crippen molar-refractivity contribution in [2.75, 3.05) is 13.1 Å². The van der Waals surface area contributed by atoms with Crippen LogP contribution in [-0.2, 0) is 22.7 Å². The topological polar surface area (TPSA) is 66.7 Å². The van der Waals surface area contributed by atoms with E-state index in [1.165, 1.54) is 10.5 Å². The van der Waals surface area contributed by atoms with Crippen molar-refractivity contribution in [2.24, 2.45) is 11.8 Å². The first kappa shape index (κ1) is 16.0. The molecule has 0 radical (unpaired) electrons. The van der Waals surface area contributed by atoms with E-state index in [9.17, 15) is 9.59 Å². The van der Waals surface area contributed by atoms with E-state index in [0.29, 0.717) is 19.0 Å². The van der Waals surface area contributed by atoms with Crippen molar-refractivity contribution in [2.45, 2.75) is 26.9 Å². The first-order chi connectivity index (χ1) is 12.0. The van der Waals surface area contributed by atoms with Gasteiger partial charge in [-0.15, -0.1) is 0 Å². The number of hydrogen-bond donors (Lipinski definition) is 0. The second-order valence-corrected chi connectivity index (χ2v) is 6.90.